The molecule has 3 rings (SSSR count). The SMILES string of the molecule is CNC(=O)c1ccc(C2CCCCN2CC(=O)NC(C)(C#N)C2CC2)n1C. The van der Waals surface area contributed by atoms with Gasteiger partial charge in [0.25, 0.3) is 5.91 Å². The van der Waals surface area contributed by atoms with Crippen molar-refractivity contribution in [3.8, 4) is 6.07 Å². The van der Waals surface area contributed by atoms with E-state index in [4.69, 9.17) is 0 Å². The summed E-state index contributed by atoms with van der Waals surface area (Å²) >= 11 is 0. The summed E-state index contributed by atoms with van der Waals surface area (Å²) in [6.07, 6.45) is 5.11. The Morgan fingerprint density at radius 1 is 1.30 bits per heavy atom. The Bertz CT molecular complexity index is 761. The number of nitriles is 1. The summed E-state index contributed by atoms with van der Waals surface area (Å²) in [5.41, 5.74) is 0.902. The summed E-state index contributed by atoms with van der Waals surface area (Å²) in [6.45, 7) is 2.93. The molecule has 0 spiro atoms. The quantitative estimate of drug-likeness (QED) is 0.797. The van der Waals surface area contributed by atoms with Crippen LogP contribution in [0.15, 0.2) is 12.1 Å². The predicted molar refractivity (Wildman–Crippen MR) is 102 cm³/mol. The second-order valence-corrected chi connectivity index (χ2v) is 7.90. The number of amides is 2. The Labute approximate surface area is 160 Å². The molecular weight excluding hydrogens is 342 g/mol. The molecule has 2 N–H and O–H groups in total. The van der Waals surface area contributed by atoms with Gasteiger partial charge in [0, 0.05) is 19.8 Å². The Morgan fingerprint density at radius 2 is 2.04 bits per heavy atom. The number of carbonyl (C=O) groups excluding carboxylic acids is 2. The summed E-state index contributed by atoms with van der Waals surface area (Å²) in [7, 11) is 3.52. The highest BCUT2D eigenvalue weighted by Crippen LogP contribution is 2.39. The lowest BCUT2D eigenvalue weighted by atomic mass is 9.97. The van der Waals surface area contributed by atoms with E-state index in [0.29, 0.717) is 5.69 Å². The van der Waals surface area contributed by atoms with Crippen molar-refractivity contribution in [1.29, 1.82) is 5.26 Å². The molecular formula is C20H29N5O2. The fraction of sp³-hybridized carbons (Fsp3) is 0.650. The summed E-state index contributed by atoms with van der Waals surface area (Å²) in [6, 6.07) is 6.20. The van der Waals surface area contributed by atoms with Gasteiger partial charge in [-0.3, -0.25) is 14.5 Å². The maximum Gasteiger partial charge on any atom is 0.267 e. The number of hydrogen-bond acceptors (Lipinski definition) is 4. The Kier molecular flexibility index (Phi) is 5.56. The molecule has 1 aromatic rings. The average molecular weight is 371 g/mol. The lowest BCUT2D eigenvalue weighted by Crippen LogP contribution is -2.51. The van der Waals surface area contributed by atoms with E-state index in [9.17, 15) is 14.9 Å². The highest BCUT2D eigenvalue weighted by Gasteiger charge is 2.43. The minimum absolute atomic E-state index is 0.0985. The highest BCUT2D eigenvalue weighted by molar-refractivity contribution is 5.92. The average Bonchev–Trinajstić information content (AvgIpc) is 3.45. The number of piperidine rings is 1. The smallest absolute Gasteiger partial charge is 0.267 e. The minimum Gasteiger partial charge on any atom is -0.354 e. The van der Waals surface area contributed by atoms with Crippen LogP contribution in [0.2, 0.25) is 0 Å². The summed E-state index contributed by atoms with van der Waals surface area (Å²) < 4.78 is 1.92. The van der Waals surface area contributed by atoms with E-state index < -0.39 is 5.54 Å². The number of nitrogens with one attached hydrogen (secondary N) is 2. The molecule has 2 unspecified atom stereocenters. The third kappa shape index (κ3) is 4.01. The first-order valence-electron chi connectivity index (χ1n) is 9.73. The molecule has 7 nitrogen and oxygen atoms in total. The first-order valence-corrected chi connectivity index (χ1v) is 9.73. The molecule has 2 amide bonds. The lowest BCUT2D eigenvalue weighted by Gasteiger charge is -2.36. The third-order valence-electron chi connectivity index (χ3n) is 5.95. The van der Waals surface area contributed by atoms with E-state index in [1.54, 1.807) is 7.05 Å². The van der Waals surface area contributed by atoms with Gasteiger partial charge in [-0.25, -0.2) is 0 Å². The Balaban J connectivity index is 1.72. The Hall–Kier alpha value is -2.33. The number of likely N-dealkylation sites (tertiary alicyclic amines) is 1. The number of nitrogens with zero attached hydrogens (tertiary/aromatic N) is 3. The van der Waals surface area contributed by atoms with E-state index in [-0.39, 0.29) is 30.3 Å². The predicted octanol–water partition coefficient (Wildman–Crippen LogP) is 1.72. The molecule has 0 aromatic carbocycles. The van der Waals surface area contributed by atoms with Crippen LogP contribution in [0, 0.1) is 17.2 Å². The molecule has 1 aromatic heterocycles. The van der Waals surface area contributed by atoms with Crippen LogP contribution in [0.1, 0.15) is 61.3 Å². The lowest BCUT2D eigenvalue weighted by molar-refractivity contribution is -0.124. The van der Waals surface area contributed by atoms with Crippen molar-refractivity contribution in [2.24, 2.45) is 13.0 Å². The Morgan fingerprint density at radius 3 is 2.67 bits per heavy atom. The van der Waals surface area contributed by atoms with Crippen molar-refractivity contribution in [1.82, 2.24) is 20.1 Å². The van der Waals surface area contributed by atoms with Gasteiger partial charge in [-0.1, -0.05) is 6.42 Å². The zero-order valence-electron chi connectivity index (χ0n) is 16.4. The third-order valence-corrected chi connectivity index (χ3v) is 5.95. The number of rotatable bonds is 6. The molecule has 2 heterocycles. The van der Waals surface area contributed by atoms with Gasteiger partial charge >= 0.3 is 0 Å². The number of carbonyl (C=O) groups is 2. The molecule has 1 aliphatic heterocycles. The number of hydrogen-bond donors (Lipinski definition) is 2. The molecule has 1 saturated heterocycles. The van der Waals surface area contributed by atoms with Gasteiger partial charge in [0.1, 0.15) is 11.2 Å². The normalized spacial score (nSPS) is 22.5. The molecule has 0 radical (unpaired) electrons. The van der Waals surface area contributed by atoms with Crippen LogP contribution >= 0.6 is 0 Å². The van der Waals surface area contributed by atoms with Crippen molar-refractivity contribution in [3.63, 3.8) is 0 Å². The van der Waals surface area contributed by atoms with Crippen LogP contribution < -0.4 is 10.6 Å². The van der Waals surface area contributed by atoms with Crippen LogP contribution in [0.25, 0.3) is 0 Å². The molecule has 146 valence electrons. The molecule has 1 saturated carbocycles. The maximum atomic E-state index is 12.7. The van der Waals surface area contributed by atoms with Crippen LogP contribution in [-0.2, 0) is 11.8 Å². The van der Waals surface area contributed by atoms with Gasteiger partial charge in [-0.05, 0) is 57.2 Å². The molecule has 2 atom stereocenters. The summed E-state index contributed by atoms with van der Waals surface area (Å²) in [5.74, 6) is 0.0586. The monoisotopic (exact) mass is 371 g/mol. The maximum absolute atomic E-state index is 12.7. The molecule has 0 bridgehead atoms. The van der Waals surface area contributed by atoms with E-state index >= 15 is 0 Å². The summed E-state index contributed by atoms with van der Waals surface area (Å²) in [4.78, 5) is 26.8. The molecule has 27 heavy (non-hydrogen) atoms. The van der Waals surface area contributed by atoms with E-state index in [2.05, 4.69) is 21.6 Å². The fourth-order valence-corrected chi connectivity index (χ4v) is 4.13. The minimum atomic E-state index is -0.764. The van der Waals surface area contributed by atoms with Crippen molar-refractivity contribution in [2.75, 3.05) is 20.1 Å². The molecule has 7 heteroatoms. The van der Waals surface area contributed by atoms with Gasteiger partial charge in [-0.2, -0.15) is 5.26 Å². The van der Waals surface area contributed by atoms with Crippen molar-refractivity contribution in [3.05, 3.63) is 23.5 Å². The van der Waals surface area contributed by atoms with Gasteiger partial charge < -0.3 is 15.2 Å². The van der Waals surface area contributed by atoms with E-state index in [0.717, 1.165) is 44.3 Å². The number of aromatic nitrogens is 1. The van der Waals surface area contributed by atoms with E-state index in [1.807, 2.05) is 30.7 Å². The van der Waals surface area contributed by atoms with Crippen molar-refractivity contribution < 1.29 is 9.59 Å². The van der Waals surface area contributed by atoms with Gasteiger partial charge in [0.2, 0.25) is 5.91 Å². The molecule has 1 aliphatic carbocycles. The second-order valence-electron chi connectivity index (χ2n) is 7.90. The van der Waals surface area contributed by atoms with E-state index in [1.165, 1.54) is 0 Å². The first-order chi connectivity index (χ1) is 12.9. The topological polar surface area (TPSA) is 90.2 Å². The standard InChI is InChI=1S/C20H29N5O2/c1-20(13-21,14-7-8-14)23-18(26)12-25-11-5-4-6-16(25)15-9-10-17(24(15)3)19(27)22-2/h9-10,14,16H,4-8,11-12H2,1-3H3,(H,22,27)(H,23,26). The van der Waals surface area contributed by atoms with Gasteiger partial charge in [0.15, 0.2) is 0 Å². The van der Waals surface area contributed by atoms with Crippen LogP contribution in [-0.4, -0.2) is 47.0 Å². The zero-order valence-corrected chi connectivity index (χ0v) is 16.4. The van der Waals surface area contributed by atoms with Crippen molar-refractivity contribution >= 4 is 11.8 Å². The van der Waals surface area contributed by atoms with Crippen LogP contribution in [0.5, 0.6) is 0 Å². The van der Waals surface area contributed by atoms with Crippen LogP contribution in [0.4, 0.5) is 0 Å². The molecule has 2 fully saturated rings. The zero-order chi connectivity index (χ0) is 19.6. The first kappa shape index (κ1) is 19.4. The van der Waals surface area contributed by atoms with Gasteiger partial charge in [-0.15, -0.1) is 0 Å². The fourth-order valence-electron chi connectivity index (χ4n) is 4.13. The summed E-state index contributed by atoms with van der Waals surface area (Å²) in [5, 5.41) is 15.1. The highest BCUT2D eigenvalue weighted by atomic mass is 16.2. The second kappa shape index (κ2) is 7.73. The van der Waals surface area contributed by atoms with Crippen LogP contribution in [0.3, 0.4) is 0 Å². The molecule has 2 aliphatic rings. The van der Waals surface area contributed by atoms with Gasteiger partial charge in [0.05, 0.1) is 18.7 Å². The largest absolute Gasteiger partial charge is 0.354 e. The van der Waals surface area contributed by atoms with Crippen molar-refractivity contribution in [2.45, 2.75) is 50.6 Å².